The molecule has 2 N–H and O–H groups in total. The lowest BCUT2D eigenvalue weighted by Gasteiger charge is -2.38. The summed E-state index contributed by atoms with van der Waals surface area (Å²) in [6.45, 7) is 16.8. The highest BCUT2D eigenvalue weighted by atomic mass is 35.5. The highest BCUT2D eigenvalue weighted by Gasteiger charge is 2.26. The monoisotopic (exact) mass is 752 g/mol. The molecule has 2 atom stereocenters. The molecule has 1 saturated heterocycles. The van der Waals surface area contributed by atoms with Gasteiger partial charge in [0.05, 0.1) is 0 Å². The lowest BCUT2D eigenvalue weighted by atomic mass is 10.2. The van der Waals surface area contributed by atoms with Crippen LogP contribution >= 0.6 is 23.2 Å². The second-order valence-corrected chi connectivity index (χ2v) is 12.5. The Kier molecular flexibility index (Phi) is 20.6. The van der Waals surface area contributed by atoms with Crippen LogP contribution in [0.1, 0.15) is 27.7 Å². The Hall–Kier alpha value is -3.82. The van der Waals surface area contributed by atoms with E-state index in [-0.39, 0.29) is 12.2 Å². The molecule has 8 nitrogen and oxygen atoms in total. The summed E-state index contributed by atoms with van der Waals surface area (Å²) in [7, 11) is 0. The van der Waals surface area contributed by atoms with Crippen LogP contribution in [-0.2, 0) is 0 Å². The summed E-state index contributed by atoms with van der Waals surface area (Å²) >= 11 is 11.5. The molecule has 3 heterocycles. The number of benzene rings is 4. The van der Waals surface area contributed by atoms with E-state index in [0.29, 0.717) is 25.0 Å². The Morgan fingerprint density at radius 3 is 1.52 bits per heavy atom. The molecule has 0 unspecified atom stereocenters. The van der Waals surface area contributed by atoms with Gasteiger partial charge in [0.15, 0.2) is 23.0 Å². The maximum atomic E-state index is 6.07. The first-order valence-corrected chi connectivity index (χ1v) is 19.6. The van der Waals surface area contributed by atoms with Crippen molar-refractivity contribution >= 4 is 34.6 Å². The molecule has 10 heteroatoms. The maximum Gasteiger partial charge on any atom is 0.161 e. The normalized spacial score (nSPS) is 17.0. The topological polar surface area (TPSA) is 72.7 Å². The van der Waals surface area contributed by atoms with Crippen molar-refractivity contribution in [3.05, 3.63) is 109 Å². The fraction of sp³-hybridized carbons (Fsp3) is 0.429. The number of nitrogens with two attached hydrogens (primary N) is 1. The Morgan fingerprint density at radius 1 is 0.596 bits per heavy atom. The highest BCUT2D eigenvalue weighted by molar-refractivity contribution is 6.18. The van der Waals surface area contributed by atoms with Gasteiger partial charge in [-0.25, -0.2) is 0 Å². The van der Waals surface area contributed by atoms with E-state index >= 15 is 0 Å². The van der Waals surface area contributed by atoms with Crippen LogP contribution in [0.3, 0.4) is 0 Å². The molecule has 4 aromatic carbocycles. The first-order valence-electron chi connectivity index (χ1n) is 18.6. The molecule has 0 saturated carbocycles. The summed E-state index contributed by atoms with van der Waals surface area (Å²) in [4.78, 5) is 7.12. The van der Waals surface area contributed by atoms with E-state index in [4.69, 9.17) is 47.9 Å². The molecular formula is C42H58Cl2N4O4. The van der Waals surface area contributed by atoms with Gasteiger partial charge in [0.25, 0.3) is 0 Å². The van der Waals surface area contributed by atoms with Crippen LogP contribution in [-0.4, -0.2) is 99.3 Å². The summed E-state index contributed by atoms with van der Waals surface area (Å²) in [5, 5.41) is 0. The molecule has 3 aliphatic rings. The van der Waals surface area contributed by atoms with Gasteiger partial charge in [0.1, 0.15) is 25.4 Å². The minimum Gasteiger partial charge on any atom is -0.486 e. The summed E-state index contributed by atoms with van der Waals surface area (Å²) in [6, 6.07) is 35.8. The molecule has 1 fully saturated rings. The third kappa shape index (κ3) is 14.7. The van der Waals surface area contributed by atoms with Crippen molar-refractivity contribution in [3.8, 4) is 23.0 Å². The lowest BCUT2D eigenvalue weighted by Crippen LogP contribution is -2.50. The van der Waals surface area contributed by atoms with E-state index in [9.17, 15) is 0 Å². The smallest absolute Gasteiger partial charge is 0.161 e. The number of ether oxygens (including phenoxy) is 4. The SMILES string of the molecule is CC.CC.ClCCN(CCCl)C[C@H]1COc2ccccc2O1.Nc1ccccc1.c1ccc(N2CCN(C[C@H]3COc4ccccc4O3)CC2)cc1. The largest absolute Gasteiger partial charge is 0.486 e. The van der Waals surface area contributed by atoms with Gasteiger partial charge < -0.3 is 29.6 Å². The predicted molar refractivity (Wildman–Crippen MR) is 219 cm³/mol. The molecule has 52 heavy (non-hydrogen) atoms. The third-order valence-corrected chi connectivity index (χ3v) is 8.49. The Labute approximate surface area is 322 Å². The van der Waals surface area contributed by atoms with Gasteiger partial charge in [-0.05, 0) is 48.5 Å². The van der Waals surface area contributed by atoms with E-state index in [1.54, 1.807) is 0 Å². The minimum absolute atomic E-state index is 0.0336. The van der Waals surface area contributed by atoms with E-state index in [1.807, 2.05) is 107 Å². The average Bonchev–Trinajstić information content (AvgIpc) is 3.21. The van der Waals surface area contributed by atoms with Crippen molar-refractivity contribution in [2.75, 3.05) is 88.0 Å². The molecule has 4 aromatic rings. The second kappa shape index (κ2) is 25.2. The number of piperazine rings is 1. The van der Waals surface area contributed by atoms with Crippen molar-refractivity contribution in [1.29, 1.82) is 0 Å². The number of nitrogen functional groups attached to an aromatic ring is 1. The zero-order valence-corrected chi connectivity index (χ0v) is 32.9. The maximum absolute atomic E-state index is 6.07. The van der Waals surface area contributed by atoms with E-state index in [1.165, 1.54) is 5.69 Å². The molecule has 0 aromatic heterocycles. The van der Waals surface area contributed by atoms with Gasteiger partial charge in [0, 0.05) is 75.5 Å². The standard InChI is InChI=1S/C19H22N2O2.C13H17Cl2NO2.C6H7N.2C2H6/c1-2-6-16(7-3-1)21-12-10-20(11-13-21)14-17-15-22-18-8-4-5-9-19(18)23-17;14-5-7-16(8-6-15)9-11-10-17-12-3-1-2-4-13(12)18-11;7-6-4-2-1-3-5-6;2*1-2/h1-9,17H,10-15H2;1-4,11H,5-10H2;1-5H,7H2;2*1-2H3/t17-;11-;;;/m00.../s1. The molecule has 0 radical (unpaired) electrons. The number of para-hydroxylation sites is 6. The number of hydrogen-bond acceptors (Lipinski definition) is 8. The number of fused-ring (bicyclic) bond motifs is 2. The third-order valence-electron chi connectivity index (χ3n) is 8.15. The molecular weight excluding hydrogens is 695 g/mol. The second-order valence-electron chi connectivity index (χ2n) is 11.7. The van der Waals surface area contributed by atoms with E-state index in [2.05, 4.69) is 45.0 Å². The Balaban J connectivity index is 0.000000223. The molecule has 0 aliphatic carbocycles. The van der Waals surface area contributed by atoms with Gasteiger partial charge in [-0.15, -0.1) is 23.2 Å². The van der Waals surface area contributed by atoms with Crippen LogP contribution in [0.5, 0.6) is 23.0 Å². The molecule has 0 amide bonds. The zero-order chi connectivity index (χ0) is 37.4. The predicted octanol–water partition coefficient (Wildman–Crippen LogP) is 8.58. The van der Waals surface area contributed by atoms with Crippen molar-refractivity contribution < 1.29 is 18.9 Å². The number of halogens is 2. The number of rotatable bonds is 9. The molecule has 284 valence electrons. The van der Waals surface area contributed by atoms with Crippen molar-refractivity contribution in [2.24, 2.45) is 0 Å². The van der Waals surface area contributed by atoms with Gasteiger partial charge in [-0.1, -0.05) is 88.4 Å². The van der Waals surface area contributed by atoms with Gasteiger partial charge in [-0.3, -0.25) is 9.80 Å². The molecule has 0 spiro atoms. The molecule has 7 rings (SSSR count). The van der Waals surface area contributed by atoms with Crippen LogP contribution < -0.4 is 29.6 Å². The van der Waals surface area contributed by atoms with Gasteiger partial charge >= 0.3 is 0 Å². The summed E-state index contributed by atoms with van der Waals surface area (Å²) in [5.41, 5.74) is 7.50. The van der Waals surface area contributed by atoms with Gasteiger partial charge in [0.2, 0.25) is 0 Å². The van der Waals surface area contributed by atoms with E-state index < -0.39 is 0 Å². The fourth-order valence-corrected chi connectivity index (χ4v) is 6.17. The van der Waals surface area contributed by atoms with E-state index in [0.717, 1.165) is 81.0 Å². The van der Waals surface area contributed by atoms with Crippen LogP contribution in [0.15, 0.2) is 109 Å². The van der Waals surface area contributed by atoms with Crippen LogP contribution in [0, 0.1) is 0 Å². The van der Waals surface area contributed by atoms with Crippen molar-refractivity contribution in [1.82, 2.24) is 9.80 Å². The first-order chi connectivity index (χ1) is 25.6. The first kappa shape index (κ1) is 42.6. The summed E-state index contributed by atoms with van der Waals surface area (Å²) in [6.07, 6.45) is 0.152. The number of hydrogen-bond donors (Lipinski definition) is 1. The van der Waals surface area contributed by atoms with Crippen LogP contribution in [0.25, 0.3) is 0 Å². The number of nitrogens with zero attached hydrogens (tertiary/aromatic N) is 3. The minimum atomic E-state index is 0.0336. The lowest BCUT2D eigenvalue weighted by molar-refractivity contribution is 0.0571. The highest BCUT2D eigenvalue weighted by Crippen LogP contribution is 2.32. The Morgan fingerprint density at radius 2 is 1.04 bits per heavy atom. The van der Waals surface area contributed by atoms with Crippen LogP contribution in [0.4, 0.5) is 11.4 Å². The summed E-state index contributed by atoms with van der Waals surface area (Å²) in [5.74, 6) is 4.55. The Bertz CT molecular complexity index is 1470. The van der Waals surface area contributed by atoms with Crippen molar-refractivity contribution in [3.63, 3.8) is 0 Å². The summed E-state index contributed by atoms with van der Waals surface area (Å²) < 4.78 is 23.4. The number of alkyl halides is 2. The van der Waals surface area contributed by atoms with Crippen molar-refractivity contribution in [2.45, 2.75) is 39.9 Å². The van der Waals surface area contributed by atoms with Gasteiger partial charge in [-0.2, -0.15) is 0 Å². The molecule has 3 aliphatic heterocycles. The fourth-order valence-electron chi connectivity index (χ4n) is 5.70. The quantitative estimate of drug-likeness (QED) is 0.135. The van der Waals surface area contributed by atoms with Crippen LogP contribution in [0.2, 0.25) is 0 Å². The zero-order valence-electron chi connectivity index (χ0n) is 31.3. The average molecular weight is 754 g/mol. The number of anilines is 2. The molecule has 0 bridgehead atoms.